The molecular formula is C26H20Cl2N6O2S2. The van der Waals surface area contributed by atoms with Crippen LogP contribution in [0, 0.1) is 11.3 Å². The number of rotatable bonds is 6. The number of benzene rings is 2. The molecule has 0 fully saturated rings. The second kappa shape index (κ2) is 11.2. The molecule has 8 nitrogen and oxygen atoms in total. The average molecular weight is 584 g/mol. The zero-order valence-corrected chi connectivity index (χ0v) is 22.9. The van der Waals surface area contributed by atoms with E-state index in [4.69, 9.17) is 28.9 Å². The molecule has 5 rings (SSSR count). The predicted octanol–water partition coefficient (Wildman–Crippen LogP) is 5.88. The third kappa shape index (κ3) is 5.28. The van der Waals surface area contributed by atoms with Gasteiger partial charge in [-0.15, -0.1) is 10.2 Å². The summed E-state index contributed by atoms with van der Waals surface area (Å²) in [5.41, 5.74) is 9.47. The number of thioether (sulfide) groups is 1. The van der Waals surface area contributed by atoms with Gasteiger partial charge in [-0.3, -0.25) is 14.5 Å². The average Bonchev–Trinajstić information content (AvgIpc) is 3.37. The molecule has 0 spiro atoms. The summed E-state index contributed by atoms with van der Waals surface area (Å²) in [7, 11) is 0. The Morgan fingerprint density at radius 2 is 1.97 bits per heavy atom. The minimum absolute atomic E-state index is 0.0283. The van der Waals surface area contributed by atoms with Gasteiger partial charge in [-0.1, -0.05) is 58.4 Å². The summed E-state index contributed by atoms with van der Waals surface area (Å²) in [4.78, 5) is 27.3. The lowest BCUT2D eigenvalue weighted by Crippen LogP contribution is -2.38. The van der Waals surface area contributed by atoms with E-state index in [1.165, 1.54) is 23.1 Å². The molecule has 2 aromatic carbocycles. The monoisotopic (exact) mass is 582 g/mol. The lowest BCUT2D eigenvalue weighted by Gasteiger charge is -2.38. The van der Waals surface area contributed by atoms with Crippen LogP contribution >= 0.6 is 46.3 Å². The number of allylic oxidation sites excluding steroid dienone is 3. The third-order valence-electron chi connectivity index (χ3n) is 6.14. The smallest absolute Gasteiger partial charge is 0.234 e. The number of carbonyl (C=O) groups is 2. The summed E-state index contributed by atoms with van der Waals surface area (Å²) in [5, 5.41) is 23.0. The quantitative estimate of drug-likeness (QED) is 0.345. The van der Waals surface area contributed by atoms with E-state index >= 15 is 0 Å². The molecule has 2 aliphatic rings. The summed E-state index contributed by atoms with van der Waals surface area (Å²) < 4.78 is 0.554. The van der Waals surface area contributed by atoms with Gasteiger partial charge in [0.25, 0.3) is 0 Å². The van der Waals surface area contributed by atoms with Crippen LogP contribution < -0.4 is 16.0 Å². The maximum absolute atomic E-state index is 13.2. The predicted molar refractivity (Wildman–Crippen MR) is 150 cm³/mol. The maximum atomic E-state index is 13.2. The fraction of sp³-hybridized carbons (Fsp3) is 0.192. The molecule has 3 aromatic rings. The molecule has 1 atom stereocenters. The zero-order valence-electron chi connectivity index (χ0n) is 19.8. The van der Waals surface area contributed by atoms with E-state index in [1.54, 1.807) is 47.4 Å². The number of nitrogens with zero attached hydrogens (tertiary/aromatic N) is 4. The van der Waals surface area contributed by atoms with Crippen LogP contribution in [-0.4, -0.2) is 27.6 Å². The molecule has 1 aromatic heterocycles. The maximum Gasteiger partial charge on any atom is 0.234 e. The number of hydrogen-bond donors (Lipinski definition) is 2. The first kappa shape index (κ1) is 26.3. The Kier molecular flexibility index (Phi) is 7.72. The normalized spacial score (nSPS) is 17.3. The van der Waals surface area contributed by atoms with Gasteiger partial charge >= 0.3 is 0 Å². The van der Waals surface area contributed by atoms with E-state index in [-0.39, 0.29) is 28.8 Å². The molecule has 12 heteroatoms. The molecule has 192 valence electrons. The van der Waals surface area contributed by atoms with Gasteiger partial charge in [-0.2, -0.15) is 5.26 Å². The SMILES string of the molecule is N#CC1=C(N)N(c2nnc(SCC(=O)Nc3ccc(Cl)cc3)s2)C2=C(C(=O)CCC2)C1c1cccc(Cl)c1. The summed E-state index contributed by atoms with van der Waals surface area (Å²) in [6, 6.07) is 16.2. The highest BCUT2D eigenvalue weighted by molar-refractivity contribution is 8.01. The van der Waals surface area contributed by atoms with Gasteiger partial charge in [0.1, 0.15) is 5.82 Å². The molecule has 1 aliphatic carbocycles. The van der Waals surface area contributed by atoms with Gasteiger partial charge in [0.05, 0.1) is 23.3 Å². The molecule has 0 bridgehead atoms. The van der Waals surface area contributed by atoms with Crippen LogP contribution in [0.4, 0.5) is 10.8 Å². The number of hydrogen-bond acceptors (Lipinski definition) is 9. The molecule has 38 heavy (non-hydrogen) atoms. The van der Waals surface area contributed by atoms with Crippen molar-refractivity contribution >= 4 is 68.8 Å². The topological polar surface area (TPSA) is 125 Å². The van der Waals surface area contributed by atoms with Crippen molar-refractivity contribution in [3.8, 4) is 6.07 Å². The summed E-state index contributed by atoms with van der Waals surface area (Å²) >= 11 is 14.6. The van der Waals surface area contributed by atoms with Gasteiger partial charge in [0.15, 0.2) is 10.1 Å². The number of Topliss-reactive ketones (excluding diaryl/α,β-unsaturated/α-hetero) is 1. The fourth-order valence-corrected chi connectivity index (χ4v) is 6.54. The van der Waals surface area contributed by atoms with Gasteiger partial charge in [-0.05, 0) is 54.8 Å². The molecule has 1 amide bonds. The highest BCUT2D eigenvalue weighted by atomic mass is 35.5. The van der Waals surface area contributed by atoms with E-state index in [1.807, 2.05) is 6.07 Å². The number of nitrogens with one attached hydrogen (secondary N) is 1. The highest BCUT2D eigenvalue weighted by Crippen LogP contribution is 2.47. The van der Waals surface area contributed by atoms with E-state index in [9.17, 15) is 14.9 Å². The van der Waals surface area contributed by atoms with Crippen molar-refractivity contribution in [1.29, 1.82) is 5.26 Å². The third-order valence-corrected chi connectivity index (χ3v) is 8.67. The van der Waals surface area contributed by atoms with Gasteiger partial charge < -0.3 is 11.1 Å². The van der Waals surface area contributed by atoms with Crippen molar-refractivity contribution in [1.82, 2.24) is 10.2 Å². The Morgan fingerprint density at radius 3 is 2.71 bits per heavy atom. The number of nitriles is 1. The fourth-order valence-electron chi connectivity index (χ4n) is 4.53. The number of halogens is 2. The molecule has 3 N–H and O–H groups in total. The molecule has 0 saturated heterocycles. The summed E-state index contributed by atoms with van der Waals surface area (Å²) in [6.07, 6.45) is 1.66. The van der Waals surface area contributed by atoms with Crippen molar-refractivity contribution in [2.24, 2.45) is 5.73 Å². The van der Waals surface area contributed by atoms with Crippen LogP contribution in [0.5, 0.6) is 0 Å². The number of amides is 1. The van der Waals surface area contributed by atoms with Gasteiger partial charge in [0.2, 0.25) is 11.0 Å². The van der Waals surface area contributed by atoms with Crippen molar-refractivity contribution in [2.75, 3.05) is 16.0 Å². The lowest BCUT2D eigenvalue weighted by atomic mass is 9.76. The summed E-state index contributed by atoms with van der Waals surface area (Å²) in [5.74, 6) is -0.505. The Hall–Kier alpha value is -3.36. The molecule has 2 heterocycles. The molecule has 1 aliphatic heterocycles. The second-order valence-corrected chi connectivity index (χ2v) is 11.6. The second-order valence-electron chi connectivity index (χ2n) is 8.57. The Balaban J connectivity index is 1.42. The molecular weight excluding hydrogens is 563 g/mol. The number of ketones is 1. The highest BCUT2D eigenvalue weighted by Gasteiger charge is 2.41. The van der Waals surface area contributed by atoms with Crippen LogP contribution in [0.2, 0.25) is 10.0 Å². The van der Waals surface area contributed by atoms with E-state index in [2.05, 4.69) is 21.6 Å². The first-order valence-corrected chi connectivity index (χ1v) is 14.1. The van der Waals surface area contributed by atoms with Gasteiger partial charge in [0, 0.05) is 33.4 Å². The van der Waals surface area contributed by atoms with Crippen molar-refractivity contribution in [3.05, 3.63) is 86.8 Å². The van der Waals surface area contributed by atoms with Crippen LogP contribution in [0.3, 0.4) is 0 Å². The molecule has 0 saturated carbocycles. The number of carbonyl (C=O) groups excluding carboxylic acids is 2. The Labute approximate surface area is 237 Å². The van der Waals surface area contributed by atoms with E-state index in [0.717, 1.165) is 11.3 Å². The number of anilines is 2. The first-order valence-electron chi connectivity index (χ1n) is 11.6. The standard InChI is InChI=1S/C26H20Cl2N6O2S2/c27-15-7-9-17(10-8-15)31-21(36)13-37-26-33-32-25(38-26)34-19-5-2-6-20(35)23(19)22(18(12-29)24(34)30)14-3-1-4-16(28)11-14/h1,3-4,7-11,22H,2,5-6,13,30H2,(H,31,36). The van der Waals surface area contributed by atoms with Crippen molar-refractivity contribution in [3.63, 3.8) is 0 Å². The zero-order chi connectivity index (χ0) is 26.8. The minimum atomic E-state index is -0.601. The van der Waals surface area contributed by atoms with E-state index < -0.39 is 5.92 Å². The van der Waals surface area contributed by atoms with Gasteiger partial charge in [-0.25, -0.2) is 0 Å². The van der Waals surface area contributed by atoms with Crippen molar-refractivity contribution < 1.29 is 9.59 Å². The Bertz CT molecular complexity index is 1530. The molecule has 0 radical (unpaired) electrons. The number of nitrogens with two attached hydrogens (primary N) is 1. The van der Waals surface area contributed by atoms with Crippen molar-refractivity contribution in [2.45, 2.75) is 29.5 Å². The number of aromatic nitrogens is 2. The molecule has 1 unspecified atom stereocenters. The van der Waals surface area contributed by atoms with Crippen LogP contribution in [0.15, 0.2) is 75.5 Å². The van der Waals surface area contributed by atoms with Crippen LogP contribution in [0.1, 0.15) is 30.7 Å². The first-order chi connectivity index (χ1) is 18.4. The lowest BCUT2D eigenvalue weighted by molar-refractivity contribution is -0.116. The minimum Gasteiger partial charge on any atom is -0.384 e. The van der Waals surface area contributed by atoms with Crippen LogP contribution in [0.25, 0.3) is 0 Å². The summed E-state index contributed by atoms with van der Waals surface area (Å²) in [6.45, 7) is 0. The van der Waals surface area contributed by atoms with Crippen LogP contribution in [-0.2, 0) is 9.59 Å². The largest absolute Gasteiger partial charge is 0.384 e. The van der Waals surface area contributed by atoms with E-state index in [0.29, 0.717) is 50.0 Å². The Morgan fingerprint density at radius 1 is 1.18 bits per heavy atom.